The molecule has 0 heterocycles. The molecule has 2 amide bonds. The van der Waals surface area contributed by atoms with Crippen molar-refractivity contribution >= 4 is 39.1 Å². The smallest absolute Gasteiger partial charge is 0.264 e. The second-order valence-corrected chi connectivity index (χ2v) is 12.6. The zero-order chi connectivity index (χ0) is 32.4. The lowest BCUT2D eigenvalue weighted by atomic mass is 10.0. The number of halogens is 2. The summed E-state index contributed by atoms with van der Waals surface area (Å²) in [6.45, 7) is 1.68. The van der Waals surface area contributed by atoms with Crippen LogP contribution in [0.5, 0.6) is 5.75 Å². The topological polar surface area (TPSA) is 96.0 Å². The number of amides is 2. The number of methoxy groups -OCH3 is 1. The number of sulfonamides is 1. The minimum atomic E-state index is -4.33. The molecule has 4 aromatic carbocycles. The SMILES string of the molecule is CCCNC(=O)[C@@H](Cc1ccccc1)N(Cc1ccc(Cl)cc1)C(=O)CN(c1ccc(F)cc1)S(=O)(=O)c1ccc(OC)cc1. The maximum atomic E-state index is 14.4. The molecule has 4 aromatic rings. The number of benzene rings is 4. The molecule has 45 heavy (non-hydrogen) atoms. The number of anilines is 1. The molecule has 0 bridgehead atoms. The van der Waals surface area contributed by atoms with E-state index in [0.717, 1.165) is 22.0 Å². The van der Waals surface area contributed by atoms with Gasteiger partial charge in [-0.1, -0.05) is 61.0 Å². The zero-order valence-corrected chi connectivity index (χ0v) is 26.6. The Morgan fingerprint density at radius 3 is 2.13 bits per heavy atom. The van der Waals surface area contributed by atoms with Crippen molar-refractivity contribution < 1.29 is 27.1 Å². The molecule has 236 valence electrons. The summed E-state index contributed by atoms with van der Waals surface area (Å²) >= 11 is 6.11. The van der Waals surface area contributed by atoms with Gasteiger partial charge in [-0.3, -0.25) is 13.9 Å². The third-order valence-corrected chi connectivity index (χ3v) is 9.17. The lowest BCUT2D eigenvalue weighted by molar-refractivity contribution is -0.140. The van der Waals surface area contributed by atoms with E-state index < -0.39 is 34.3 Å². The largest absolute Gasteiger partial charge is 0.497 e. The van der Waals surface area contributed by atoms with Crippen molar-refractivity contribution in [3.63, 3.8) is 0 Å². The zero-order valence-electron chi connectivity index (χ0n) is 25.0. The van der Waals surface area contributed by atoms with Crippen LogP contribution in [0.15, 0.2) is 108 Å². The van der Waals surface area contributed by atoms with Crippen LogP contribution in [0.4, 0.5) is 10.1 Å². The van der Waals surface area contributed by atoms with Crippen LogP contribution in [0.3, 0.4) is 0 Å². The number of rotatable bonds is 14. The van der Waals surface area contributed by atoms with E-state index in [1.807, 2.05) is 37.3 Å². The van der Waals surface area contributed by atoms with Gasteiger partial charge in [-0.25, -0.2) is 12.8 Å². The van der Waals surface area contributed by atoms with Gasteiger partial charge in [-0.2, -0.15) is 0 Å². The van der Waals surface area contributed by atoms with Crippen molar-refractivity contribution in [2.45, 2.75) is 37.2 Å². The van der Waals surface area contributed by atoms with Crippen molar-refractivity contribution in [1.29, 1.82) is 0 Å². The van der Waals surface area contributed by atoms with Gasteiger partial charge in [-0.15, -0.1) is 0 Å². The quantitative estimate of drug-likeness (QED) is 0.185. The molecule has 0 spiro atoms. The monoisotopic (exact) mass is 651 g/mol. The highest BCUT2D eigenvalue weighted by molar-refractivity contribution is 7.92. The predicted molar refractivity (Wildman–Crippen MR) is 173 cm³/mol. The van der Waals surface area contributed by atoms with Crippen LogP contribution in [0.25, 0.3) is 0 Å². The molecule has 1 atom stereocenters. The maximum absolute atomic E-state index is 14.4. The van der Waals surface area contributed by atoms with E-state index >= 15 is 0 Å². The summed E-state index contributed by atoms with van der Waals surface area (Å²) in [5, 5.41) is 3.41. The van der Waals surface area contributed by atoms with Gasteiger partial charge < -0.3 is 15.0 Å². The summed E-state index contributed by atoms with van der Waals surface area (Å²) in [7, 11) is -2.87. The highest BCUT2D eigenvalue weighted by atomic mass is 35.5. The van der Waals surface area contributed by atoms with E-state index in [-0.39, 0.29) is 29.5 Å². The van der Waals surface area contributed by atoms with Crippen molar-refractivity contribution in [2.75, 3.05) is 24.5 Å². The Kier molecular flexibility index (Phi) is 11.6. The fraction of sp³-hybridized carbons (Fsp3) is 0.235. The number of carbonyl (C=O) groups excluding carboxylic acids is 2. The van der Waals surface area contributed by atoms with Gasteiger partial charge in [0.1, 0.15) is 24.2 Å². The Labute approximate surface area is 268 Å². The van der Waals surface area contributed by atoms with Crippen LogP contribution in [0, 0.1) is 5.82 Å². The second kappa shape index (κ2) is 15.5. The normalized spacial score (nSPS) is 11.8. The van der Waals surface area contributed by atoms with Crippen molar-refractivity contribution in [3.05, 3.63) is 125 Å². The van der Waals surface area contributed by atoms with E-state index in [1.165, 1.54) is 48.4 Å². The molecule has 0 unspecified atom stereocenters. The molecule has 0 aliphatic rings. The van der Waals surface area contributed by atoms with Crippen LogP contribution in [-0.4, -0.2) is 51.4 Å². The summed E-state index contributed by atoms with van der Waals surface area (Å²) in [5.41, 5.74) is 1.60. The van der Waals surface area contributed by atoms with E-state index in [1.54, 1.807) is 24.3 Å². The third kappa shape index (κ3) is 8.83. The summed E-state index contributed by atoms with van der Waals surface area (Å²) in [6.07, 6.45) is 0.880. The van der Waals surface area contributed by atoms with Crippen LogP contribution in [0.2, 0.25) is 5.02 Å². The fourth-order valence-electron chi connectivity index (χ4n) is 4.72. The summed E-state index contributed by atoms with van der Waals surface area (Å²) < 4.78 is 48.1. The Morgan fingerprint density at radius 2 is 1.53 bits per heavy atom. The minimum Gasteiger partial charge on any atom is -0.497 e. The molecule has 0 radical (unpaired) electrons. The van der Waals surface area contributed by atoms with E-state index in [0.29, 0.717) is 29.3 Å². The number of ether oxygens (including phenoxy) is 1. The molecule has 1 N–H and O–H groups in total. The number of nitrogens with zero attached hydrogens (tertiary/aromatic N) is 2. The number of hydrogen-bond donors (Lipinski definition) is 1. The molecule has 8 nitrogen and oxygen atoms in total. The second-order valence-electron chi connectivity index (χ2n) is 10.3. The van der Waals surface area contributed by atoms with Gasteiger partial charge in [-0.05, 0) is 78.2 Å². The van der Waals surface area contributed by atoms with Gasteiger partial charge in [0.2, 0.25) is 11.8 Å². The summed E-state index contributed by atoms with van der Waals surface area (Å²) in [6, 6.07) is 25.7. The summed E-state index contributed by atoms with van der Waals surface area (Å²) in [5.74, 6) is -1.10. The molecular weight excluding hydrogens is 617 g/mol. The van der Waals surface area contributed by atoms with E-state index in [9.17, 15) is 22.4 Å². The number of carbonyl (C=O) groups is 2. The van der Waals surface area contributed by atoms with Crippen LogP contribution in [0.1, 0.15) is 24.5 Å². The Morgan fingerprint density at radius 1 is 0.889 bits per heavy atom. The molecule has 0 aliphatic heterocycles. The lowest BCUT2D eigenvalue weighted by Gasteiger charge is -2.34. The molecule has 0 fully saturated rings. The van der Waals surface area contributed by atoms with E-state index in [2.05, 4.69) is 5.32 Å². The molecule has 0 aliphatic carbocycles. The van der Waals surface area contributed by atoms with Gasteiger partial charge in [0, 0.05) is 24.5 Å². The number of hydrogen-bond acceptors (Lipinski definition) is 5. The van der Waals surface area contributed by atoms with Crippen molar-refractivity contribution in [3.8, 4) is 5.75 Å². The molecule has 0 saturated carbocycles. The lowest BCUT2D eigenvalue weighted by Crippen LogP contribution is -2.53. The Balaban J connectivity index is 1.78. The van der Waals surface area contributed by atoms with Crippen LogP contribution in [-0.2, 0) is 32.6 Å². The molecule has 4 rings (SSSR count). The minimum absolute atomic E-state index is 0.00683. The molecule has 0 saturated heterocycles. The Bertz CT molecular complexity index is 1670. The molecule has 0 aromatic heterocycles. The first-order chi connectivity index (χ1) is 21.6. The van der Waals surface area contributed by atoms with Crippen LogP contribution < -0.4 is 14.4 Å². The van der Waals surface area contributed by atoms with Crippen LogP contribution >= 0.6 is 11.6 Å². The van der Waals surface area contributed by atoms with Gasteiger partial charge in [0.05, 0.1) is 17.7 Å². The average molecular weight is 652 g/mol. The molecular formula is C34H35ClFN3O5S. The molecule has 11 heteroatoms. The highest BCUT2D eigenvalue weighted by Crippen LogP contribution is 2.27. The van der Waals surface area contributed by atoms with Gasteiger partial charge >= 0.3 is 0 Å². The first-order valence-corrected chi connectivity index (χ1v) is 16.2. The standard InChI is InChI=1S/C34H35ClFN3O5S/c1-3-21-37-34(41)32(22-25-7-5-4-6-8-25)38(23-26-9-11-27(35)12-10-26)33(40)24-39(29-15-13-28(36)14-16-29)45(42,43)31-19-17-30(44-2)18-20-31/h4-20,32H,3,21-24H2,1-2H3,(H,37,41)/t32-/m1/s1. The summed E-state index contributed by atoms with van der Waals surface area (Å²) in [4.78, 5) is 29.3. The first-order valence-electron chi connectivity index (χ1n) is 14.4. The number of nitrogens with one attached hydrogen (secondary N) is 1. The fourth-order valence-corrected chi connectivity index (χ4v) is 6.26. The predicted octanol–water partition coefficient (Wildman–Crippen LogP) is 5.85. The van der Waals surface area contributed by atoms with E-state index in [4.69, 9.17) is 16.3 Å². The van der Waals surface area contributed by atoms with Gasteiger partial charge in [0.25, 0.3) is 10.0 Å². The van der Waals surface area contributed by atoms with Gasteiger partial charge in [0.15, 0.2) is 0 Å². The maximum Gasteiger partial charge on any atom is 0.264 e. The van der Waals surface area contributed by atoms with Crippen molar-refractivity contribution in [2.24, 2.45) is 0 Å². The third-order valence-electron chi connectivity index (χ3n) is 7.13. The highest BCUT2D eigenvalue weighted by Gasteiger charge is 2.34. The van der Waals surface area contributed by atoms with Crippen molar-refractivity contribution in [1.82, 2.24) is 10.2 Å². The average Bonchev–Trinajstić information content (AvgIpc) is 3.05. The first kappa shape index (κ1) is 33.5. The Hall–Kier alpha value is -4.41.